The van der Waals surface area contributed by atoms with E-state index < -0.39 is 19.0 Å². The summed E-state index contributed by atoms with van der Waals surface area (Å²) in [4.78, 5) is 13.7. The lowest BCUT2D eigenvalue weighted by Crippen LogP contribution is -2.35. The summed E-state index contributed by atoms with van der Waals surface area (Å²) < 4.78 is 29.8. The van der Waals surface area contributed by atoms with Crippen LogP contribution in [0.4, 0.5) is 8.78 Å². The highest BCUT2D eigenvalue weighted by atomic mass is 35.5. The van der Waals surface area contributed by atoms with Crippen molar-refractivity contribution >= 4 is 28.9 Å². The van der Waals surface area contributed by atoms with Crippen LogP contribution in [0.15, 0.2) is 36.4 Å². The zero-order valence-corrected chi connectivity index (χ0v) is 20.4. The summed E-state index contributed by atoms with van der Waals surface area (Å²) in [7, 11) is 0. The minimum atomic E-state index is -2.57. The summed E-state index contributed by atoms with van der Waals surface area (Å²) in [6, 6.07) is 11.7. The molecule has 1 aliphatic carbocycles. The van der Waals surface area contributed by atoms with E-state index in [2.05, 4.69) is 33.3 Å². The van der Waals surface area contributed by atoms with Crippen LogP contribution in [0.1, 0.15) is 36.8 Å². The molecule has 2 aromatic carbocycles. The van der Waals surface area contributed by atoms with Crippen molar-refractivity contribution in [2.45, 2.75) is 51.2 Å². The molecule has 1 saturated carbocycles. The third-order valence-electron chi connectivity index (χ3n) is 6.73. The van der Waals surface area contributed by atoms with Crippen molar-refractivity contribution in [3.05, 3.63) is 52.5 Å². The fraction of sp³-hybridized carbons (Fsp3) is 0.400. The number of benzene rings is 2. The molecule has 35 heavy (non-hydrogen) atoms. The van der Waals surface area contributed by atoms with Gasteiger partial charge >= 0.3 is 5.97 Å². The summed E-state index contributed by atoms with van der Waals surface area (Å²) in [5, 5.41) is 19.6. The Labute approximate surface area is 210 Å². The van der Waals surface area contributed by atoms with Crippen LogP contribution in [-0.2, 0) is 17.9 Å². The van der Waals surface area contributed by atoms with Gasteiger partial charge in [0.15, 0.2) is 0 Å². The van der Waals surface area contributed by atoms with Gasteiger partial charge in [-0.05, 0) is 61.1 Å². The maximum Gasteiger partial charge on any atom is 0.306 e. The van der Waals surface area contributed by atoms with E-state index in [9.17, 15) is 18.7 Å². The Bertz CT molecular complexity index is 1230. The van der Waals surface area contributed by atoms with Crippen molar-refractivity contribution in [3.8, 4) is 26.9 Å². The average molecular weight is 520 g/mol. The zero-order valence-electron chi connectivity index (χ0n) is 18.8. The standard InChI is InChI=1S/C25H24ClF2N3O3S/c26-20-10-16(5-8-21(20)34-13-22(27)28)24-30-29-23(35-24)15-1-2-17-11-31(12-18(17)9-15)19-6-3-14(4-7-19)25(32)33/h1-2,5,8-10,14,19,22H,3-4,6-7,11-13H2,(H,32,33). The molecule has 0 saturated heterocycles. The maximum absolute atomic E-state index is 12.4. The number of aromatic nitrogens is 2. The third-order valence-corrected chi connectivity index (χ3v) is 8.05. The zero-order chi connectivity index (χ0) is 24.5. The number of ether oxygens (including phenoxy) is 1. The lowest BCUT2D eigenvalue weighted by molar-refractivity contribution is -0.143. The quantitative estimate of drug-likeness (QED) is 0.405. The van der Waals surface area contributed by atoms with Crippen molar-refractivity contribution in [3.63, 3.8) is 0 Å². The topological polar surface area (TPSA) is 75.5 Å². The molecule has 2 aliphatic rings. The van der Waals surface area contributed by atoms with E-state index >= 15 is 0 Å². The third kappa shape index (κ3) is 5.32. The molecule has 10 heteroatoms. The molecular weight excluding hydrogens is 496 g/mol. The van der Waals surface area contributed by atoms with Gasteiger partial charge in [-0.15, -0.1) is 10.2 Å². The molecule has 0 amide bonds. The van der Waals surface area contributed by atoms with Crippen LogP contribution in [0.25, 0.3) is 21.1 Å². The molecule has 0 spiro atoms. The van der Waals surface area contributed by atoms with Gasteiger partial charge in [-0.3, -0.25) is 9.69 Å². The van der Waals surface area contributed by atoms with Crippen LogP contribution in [0.5, 0.6) is 5.75 Å². The van der Waals surface area contributed by atoms with Crippen molar-refractivity contribution in [1.82, 2.24) is 15.1 Å². The Hall–Kier alpha value is -2.62. The van der Waals surface area contributed by atoms with Crippen molar-refractivity contribution in [1.29, 1.82) is 0 Å². The smallest absolute Gasteiger partial charge is 0.306 e. The Morgan fingerprint density at radius 1 is 1.06 bits per heavy atom. The number of carboxylic acids is 1. The molecule has 2 heterocycles. The van der Waals surface area contributed by atoms with Gasteiger partial charge in [0, 0.05) is 30.3 Å². The van der Waals surface area contributed by atoms with Gasteiger partial charge in [-0.1, -0.05) is 35.1 Å². The van der Waals surface area contributed by atoms with E-state index in [1.807, 2.05) is 0 Å². The summed E-state index contributed by atoms with van der Waals surface area (Å²) in [5.74, 6) is -0.668. The SMILES string of the molecule is O=C(O)C1CCC(N2Cc3ccc(-c4nnc(-c5ccc(OCC(F)F)c(Cl)c5)s4)cc3C2)CC1. The van der Waals surface area contributed by atoms with E-state index in [1.165, 1.54) is 22.5 Å². The van der Waals surface area contributed by atoms with Crippen molar-refractivity contribution < 1.29 is 23.4 Å². The molecule has 6 nitrogen and oxygen atoms in total. The van der Waals surface area contributed by atoms with Gasteiger partial charge in [0.1, 0.15) is 22.4 Å². The van der Waals surface area contributed by atoms with Gasteiger partial charge in [0.25, 0.3) is 6.43 Å². The Kier molecular flexibility index (Phi) is 7.00. The van der Waals surface area contributed by atoms with Crippen molar-refractivity contribution in [2.75, 3.05) is 6.61 Å². The van der Waals surface area contributed by atoms with Gasteiger partial charge in [-0.25, -0.2) is 8.78 Å². The first-order valence-electron chi connectivity index (χ1n) is 11.5. The molecule has 184 valence electrons. The number of carbonyl (C=O) groups is 1. The lowest BCUT2D eigenvalue weighted by atomic mass is 9.85. The summed E-state index contributed by atoms with van der Waals surface area (Å²) in [5.41, 5.74) is 4.30. The number of fused-ring (bicyclic) bond motifs is 1. The highest BCUT2D eigenvalue weighted by Crippen LogP contribution is 2.37. The average Bonchev–Trinajstić information content (AvgIpc) is 3.50. The van der Waals surface area contributed by atoms with Crippen LogP contribution >= 0.6 is 22.9 Å². The molecule has 5 rings (SSSR count). The van der Waals surface area contributed by atoms with Gasteiger partial charge in [-0.2, -0.15) is 0 Å². The number of halogens is 3. The van der Waals surface area contributed by atoms with E-state index in [4.69, 9.17) is 16.3 Å². The van der Waals surface area contributed by atoms with Gasteiger partial charge in [0.05, 0.1) is 10.9 Å². The number of hydrogen-bond acceptors (Lipinski definition) is 6. The number of aliphatic carboxylic acids is 1. The first-order valence-corrected chi connectivity index (χ1v) is 12.7. The summed E-state index contributed by atoms with van der Waals surface area (Å²) >= 11 is 7.64. The lowest BCUT2D eigenvalue weighted by Gasteiger charge is -2.33. The molecular formula is C25H24ClF2N3O3S. The molecule has 1 fully saturated rings. The number of carboxylic acid groups (broad SMARTS) is 1. The second kappa shape index (κ2) is 10.2. The van der Waals surface area contributed by atoms with Crippen LogP contribution < -0.4 is 4.74 Å². The van der Waals surface area contributed by atoms with E-state index in [1.54, 1.807) is 18.2 Å². The predicted octanol–water partition coefficient (Wildman–Crippen LogP) is 6.13. The second-order valence-corrected chi connectivity index (χ2v) is 10.4. The number of nitrogens with zero attached hydrogens (tertiary/aromatic N) is 3. The molecule has 1 aliphatic heterocycles. The molecule has 1 aromatic heterocycles. The molecule has 0 atom stereocenters. The first kappa shape index (κ1) is 24.1. The molecule has 0 bridgehead atoms. The Morgan fingerprint density at radius 3 is 2.37 bits per heavy atom. The van der Waals surface area contributed by atoms with E-state index in [0.29, 0.717) is 11.0 Å². The number of alkyl halides is 2. The summed E-state index contributed by atoms with van der Waals surface area (Å²) in [6.07, 6.45) is 0.769. The van der Waals surface area contributed by atoms with E-state index in [-0.39, 0.29) is 16.7 Å². The first-order chi connectivity index (χ1) is 16.9. The minimum absolute atomic E-state index is 0.203. The normalized spacial score (nSPS) is 20.2. The highest BCUT2D eigenvalue weighted by Gasteiger charge is 2.32. The molecule has 0 unspecified atom stereocenters. The fourth-order valence-electron chi connectivity index (χ4n) is 4.86. The maximum atomic E-state index is 12.4. The predicted molar refractivity (Wildman–Crippen MR) is 130 cm³/mol. The Balaban J connectivity index is 1.27. The molecule has 0 radical (unpaired) electrons. The largest absolute Gasteiger partial charge is 0.486 e. The van der Waals surface area contributed by atoms with Gasteiger partial charge < -0.3 is 9.84 Å². The second-order valence-electron chi connectivity index (χ2n) is 8.99. The van der Waals surface area contributed by atoms with Crippen LogP contribution in [0, 0.1) is 5.92 Å². The Morgan fingerprint density at radius 2 is 1.71 bits per heavy atom. The fourth-order valence-corrected chi connectivity index (χ4v) is 5.93. The van der Waals surface area contributed by atoms with Crippen LogP contribution in [-0.4, -0.2) is 45.2 Å². The van der Waals surface area contributed by atoms with Crippen LogP contribution in [0.3, 0.4) is 0 Å². The van der Waals surface area contributed by atoms with Crippen molar-refractivity contribution in [2.24, 2.45) is 5.92 Å². The molecule has 1 N–H and O–H groups in total. The number of rotatable bonds is 7. The number of hydrogen-bond donors (Lipinski definition) is 1. The monoisotopic (exact) mass is 519 g/mol. The van der Waals surface area contributed by atoms with E-state index in [0.717, 1.165) is 54.9 Å². The molecule has 3 aromatic rings. The van der Waals surface area contributed by atoms with Crippen LogP contribution in [0.2, 0.25) is 5.02 Å². The van der Waals surface area contributed by atoms with Gasteiger partial charge in [0.2, 0.25) is 0 Å². The highest BCUT2D eigenvalue weighted by molar-refractivity contribution is 7.17. The summed E-state index contributed by atoms with van der Waals surface area (Å²) in [6.45, 7) is 1.03. The minimum Gasteiger partial charge on any atom is -0.486 e.